The molecule has 0 bridgehead atoms. The zero-order valence-corrected chi connectivity index (χ0v) is 12.4. The molecule has 0 aliphatic carbocycles. The maximum absolute atomic E-state index is 13.9. The molecular formula is C10H24F2OSi2. The number of hydrogen-bond donors (Lipinski definition) is 0. The summed E-state index contributed by atoms with van der Waals surface area (Å²) in [7, 11) is -6.45. The van der Waals surface area contributed by atoms with Crippen molar-refractivity contribution in [1.29, 1.82) is 0 Å². The van der Waals surface area contributed by atoms with E-state index in [1.165, 1.54) is 13.1 Å². The smallest absolute Gasteiger partial charge is 0.372 e. The molecule has 0 radical (unpaired) electrons. The minimum absolute atomic E-state index is 0.433. The van der Waals surface area contributed by atoms with E-state index in [0.29, 0.717) is 12.1 Å². The molecule has 0 spiro atoms. The summed E-state index contributed by atoms with van der Waals surface area (Å²) in [6.45, 7) is 6.99. The molecule has 0 aromatic carbocycles. The summed E-state index contributed by atoms with van der Waals surface area (Å²) in [4.78, 5) is 0. The van der Waals surface area contributed by atoms with Crippen LogP contribution in [-0.2, 0) is 4.12 Å². The fourth-order valence-corrected chi connectivity index (χ4v) is 7.87. The average molecular weight is 254 g/mol. The SMILES string of the molecule is CCCC[Si](C)(F)O[Si](C)(F)CCCC. The van der Waals surface area contributed by atoms with Gasteiger partial charge < -0.3 is 4.12 Å². The van der Waals surface area contributed by atoms with Crippen LogP contribution in [0.4, 0.5) is 8.22 Å². The molecule has 5 heteroatoms. The van der Waals surface area contributed by atoms with Crippen LogP contribution in [0, 0.1) is 0 Å². The van der Waals surface area contributed by atoms with E-state index < -0.39 is 17.3 Å². The van der Waals surface area contributed by atoms with Crippen LogP contribution >= 0.6 is 0 Å². The van der Waals surface area contributed by atoms with Gasteiger partial charge in [-0.3, -0.25) is 8.22 Å². The van der Waals surface area contributed by atoms with Crippen molar-refractivity contribution in [2.45, 2.75) is 64.7 Å². The monoisotopic (exact) mass is 254 g/mol. The third-order valence-corrected chi connectivity index (χ3v) is 8.28. The zero-order chi connectivity index (χ0) is 11.9. The quantitative estimate of drug-likeness (QED) is 0.451. The Kier molecular flexibility index (Phi) is 6.87. The third kappa shape index (κ3) is 8.10. The van der Waals surface area contributed by atoms with E-state index in [4.69, 9.17) is 4.12 Å². The van der Waals surface area contributed by atoms with E-state index in [1.54, 1.807) is 0 Å². The second-order valence-corrected chi connectivity index (χ2v) is 10.7. The standard InChI is InChI=1S/C10H24F2OSi2/c1-5-7-9-14(3,11)13-15(4,12)10-8-6-2/h5-10H2,1-4H3. The Morgan fingerprint density at radius 1 is 0.867 bits per heavy atom. The van der Waals surface area contributed by atoms with E-state index >= 15 is 0 Å². The highest BCUT2D eigenvalue weighted by Crippen LogP contribution is 2.26. The lowest BCUT2D eigenvalue weighted by Gasteiger charge is -2.26. The molecule has 15 heavy (non-hydrogen) atoms. The summed E-state index contributed by atoms with van der Waals surface area (Å²) in [6.07, 6.45) is 3.49. The molecule has 0 N–H and O–H groups in total. The highest BCUT2D eigenvalue weighted by molar-refractivity contribution is 6.79. The second-order valence-electron chi connectivity index (χ2n) is 4.51. The molecule has 0 saturated carbocycles. The first-order valence-corrected chi connectivity index (χ1v) is 10.9. The van der Waals surface area contributed by atoms with Gasteiger partial charge in [-0.2, -0.15) is 0 Å². The molecule has 0 aliphatic rings. The van der Waals surface area contributed by atoms with Crippen LogP contribution < -0.4 is 0 Å². The highest BCUT2D eigenvalue weighted by atomic mass is 28.5. The molecule has 2 unspecified atom stereocenters. The number of rotatable bonds is 8. The second kappa shape index (κ2) is 6.75. The van der Waals surface area contributed by atoms with E-state index in [-0.39, 0.29) is 0 Å². The van der Waals surface area contributed by atoms with Gasteiger partial charge in [0.25, 0.3) is 0 Å². The molecule has 0 aliphatic heterocycles. The van der Waals surface area contributed by atoms with Crippen LogP contribution in [0.5, 0.6) is 0 Å². The average Bonchev–Trinajstić information content (AvgIpc) is 2.10. The van der Waals surface area contributed by atoms with Gasteiger partial charge in [0, 0.05) is 0 Å². The van der Waals surface area contributed by atoms with Gasteiger partial charge in [0.05, 0.1) is 0 Å². The molecule has 1 nitrogen and oxygen atoms in total. The Morgan fingerprint density at radius 2 is 1.20 bits per heavy atom. The maximum Gasteiger partial charge on any atom is 0.372 e. The van der Waals surface area contributed by atoms with Gasteiger partial charge in [0.15, 0.2) is 0 Å². The highest BCUT2D eigenvalue weighted by Gasteiger charge is 2.41. The molecule has 0 heterocycles. The van der Waals surface area contributed by atoms with Crippen LogP contribution in [0.2, 0.25) is 25.2 Å². The van der Waals surface area contributed by atoms with E-state index in [1.807, 2.05) is 13.8 Å². The van der Waals surface area contributed by atoms with E-state index in [2.05, 4.69) is 0 Å². The molecule has 0 fully saturated rings. The van der Waals surface area contributed by atoms with Crippen molar-refractivity contribution < 1.29 is 12.3 Å². The van der Waals surface area contributed by atoms with Gasteiger partial charge >= 0.3 is 17.3 Å². The van der Waals surface area contributed by atoms with Crippen molar-refractivity contribution in [1.82, 2.24) is 0 Å². The minimum atomic E-state index is -3.22. The van der Waals surface area contributed by atoms with Gasteiger partial charge in [0.2, 0.25) is 0 Å². The van der Waals surface area contributed by atoms with Gasteiger partial charge in [-0.05, 0) is 25.2 Å². The van der Waals surface area contributed by atoms with Gasteiger partial charge in [-0.1, -0.05) is 39.5 Å². The molecular weight excluding hydrogens is 230 g/mol. The predicted molar refractivity (Wildman–Crippen MR) is 66.0 cm³/mol. The lowest BCUT2D eigenvalue weighted by Crippen LogP contribution is -2.42. The number of hydrogen-bond acceptors (Lipinski definition) is 1. The summed E-state index contributed by atoms with van der Waals surface area (Å²) >= 11 is 0. The normalized spacial score (nSPS) is 19.6. The van der Waals surface area contributed by atoms with Crippen LogP contribution in [0.25, 0.3) is 0 Å². The van der Waals surface area contributed by atoms with Gasteiger partial charge in [0.1, 0.15) is 0 Å². The summed E-state index contributed by atoms with van der Waals surface area (Å²) in [6, 6.07) is 0.865. The van der Waals surface area contributed by atoms with Crippen molar-refractivity contribution in [3.05, 3.63) is 0 Å². The topological polar surface area (TPSA) is 9.23 Å². The zero-order valence-electron chi connectivity index (χ0n) is 10.4. The Hall–Kier alpha value is 0.254. The fourth-order valence-electron chi connectivity index (χ4n) is 1.53. The first-order chi connectivity index (χ1) is 6.83. The summed E-state index contributed by atoms with van der Waals surface area (Å²) < 4.78 is 33.0. The predicted octanol–water partition coefficient (Wildman–Crippen LogP) is 4.69. The Bertz CT molecular complexity index is 157. The lowest BCUT2D eigenvalue weighted by atomic mass is 10.4. The Balaban J connectivity index is 4.04. The van der Waals surface area contributed by atoms with Gasteiger partial charge in [-0.15, -0.1) is 0 Å². The van der Waals surface area contributed by atoms with E-state index in [9.17, 15) is 8.22 Å². The summed E-state index contributed by atoms with van der Waals surface area (Å²) in [5.41, 5.74) is 0. The number of unbranched alkanes of at least 4 members (excludes halogenated alkanes) is 2. The molecule has 0 amide bonds. The van der Waals surface area contributed by atoms with Crippen molar-refractivity contribution in [3.8, 4) is 0 Å². The van der Waals surface area contributed by atoms with Crippen LogP contribution in [0.15, 0.2) is 0 Å². The largest absolute Gasteiger partial charge is 0.409 e. The fraction of sp³-hybridized carbons (Fsp3) is 1.00. The molecule has 92 valence electrons. The Labute approximate surface area is 94.8 Å². The minimum Gasteiger partial charge on any atom is -0.409 e. The molecule has 0 aromatic heterocycles. The maximum atomic E-state index is 13.9. The van der Waals surface area contributed by atoms with Crippen LogP contribution in [-0.4, -0.2) is 17.3 Å². The Morgan fingerprint density at radius 3 is 1.47 bits per heavy atom. The van der Waals surface area contributed by atoms with Crippen LogP contribution in [0.3, 0.4) is 0 Å². The van der Waals surface area contributed by atoms with E-state index in [0.717, 1.165) is 25.7 Å². The first-order valence-electron chi connectivity index (χ1n) is 5.91. The lowest BCUT2D eigenvalue weighted by molar-refractivity contribution is 0.398. The molecule has 2 atom stereocenters. The third-order valence-electron chi connectivity index (χ3n) is 2.38. The van der Waals surface area contributed by atoms with Crippen LogP contribution in [0.1, 0.15) is 39.5 Å². The first kappa shape index (κ1) is 15.3. The summed E-state index contributed by atoms with van der Waals surface area (Å²) in [5, 5.41) is 0. The van der Waals surface area contributed by atoms with Crippen molar-refractivity contribution in [2.24, 2.45) is 0 Å². The molecule has 0 saturated heterocycles. The van der Waals surface area contributed by atoms with Crippen molar-refractivity contribution in [3.63, 3.8) is 0 Å². The van der Waals surface area contributed by atoms with Crippen molar-refractivity contribution >= 4 is 17.3 Å². The molecule has 0 aromatic rings. The number of halogens is 2. The summed E-state index contributed by atoms with van der Waals surface area (Å²) in [5.74, 6) is 0. The molecule has 0 rings (SSSR count). The van der Waals surface area contributed by atoms with Crippen molar-refractivity contribution in [2.75, 3.05) is 0 Å². The van der Waals surface area contributed by atoms with Gasteiger partial charge in [-0.25, -0.2) is 0 Å².